The normalized spacial score (nSPS) is 14.9. The van der Waals surface area contributed by atoms with Gasteiger partial charge in [-0.3, -0.25) is 0 Å². The molecule has 0 amide bonds. The summed E-state index contributed by atoms with van der Waals surface area (Å²) < 4.78 is 131. The van der Waals surface area contributed by atoms with E-state index in [2.05, 4.69) is 0 Å². The molecule has 0 heterocycles. The van der Waals surface area contributed by atoms with Gasteiger partial charge >= 0.3 is 24.7 Å². The lowest BCUT2D eigenvalue weighted by Gasteiger charge is -2.23. The van der Waals surface area contributed by atoms with E-state index in [9.17, 15) is 43.9 Å². The van der Waals surface area contributed by atoms with Gasteiger partial charge in [0.2, 0.25) is 0 Å². The Bertz CT molecular complexity index is 827. The fourth-order valence-corrected chi connectivity index (χ4v) is 2.58. The van der Waals surface area contributed by atoms with Crippen LogP contribution in [0.1, 0.15) is 23.5 Å². The molecule has 12 heteroatoms. The van der Waals surface area contributed by atoms with Gasteiger partial charge in [0.1, 0.15) is 0 Å². The molecule has 0 spiro atoms. The second kappa shape index (κ2) is 8.23. The van der Waals surface area contributed by atoms with Gasteiger partial charge < -0.3 is 11.5 Å². The van der Waals surface area contributed by atoms with Gasteiger partial charge in [0.15, 0.2) is 12.3 Å². The van der Waals surface area contributed by atoms with E-state index in [-0.39, 0.29) is 11.1 Å². The molecule has 4 N–H and O–H groups in total. The first-order valence-electron chi connectivity index (χ1n) is 8.10. The molecule has 0 radical (unpaired) electrons. The Morgan fingerprint density at radius 1 is 0.567 bits per heavy atom. The monoisotopic (exact) mass is 448 g/mol. The summed E-state index contributed by atoms with van der Waals surface area (Å²) in [5, 5.41) is 0. The van der Waals surface area contributed by atoms with Crippen LogP contribution in [0.15, 0.2) is 36.4 Å². The molecule has 0 bridgehead atoms. The number of anilines is 2. The van der Waals surface area contributed by atoms with Crippen molar-refractivity contribution in [3.05, 3.63) is 47.5 Å². The molecular formula is C18H14F10N2. The van der Waals surface area contributed by atoms with Crippen molar-refractivity contribution in [2.24, 2.45) is 0 Å². The average Bonchev–Trinajstić information content (AvgIpc) is 2.67. The van der Waals surface area contributed by atoms with Crippen LogP contribution in [0, 0.1) is 0 Å². The van der Waals surface area contributed by atoms with Gasteiger partial charge in [-0.2, -0.15) is 17.6 Å². The average molecular weight is 448 g/mol. The number of rotatable bonds is 7. The summed E-state index contributed by atoms with van der Waals surface area (Å²) in [5.41, 5.74) is 7.09. The molecule has 166 valence electrons. The maximum absolute atomic E-state index is 14.1. The van der Waals surface area contributed by atoms with E-state index in [1.807, 2.05) is 0 Å². The van der Waals surface area contributed by atoms with E-state index < -0.39 is 59.5 Å². The van der Waals surface area contributed by atoms with Gasteiger partial charge in [-0.1, -0.05) is 12.1 Å². The summed E-state index contributed by atoms with van der Waals surface area (Å²) in [7, 11) is 0. The summed E-state index contributed by atoms with van der Waals surface area (Å²) in [6.07, 6.45) is -15.7. The Kier molecular flexibility index (Phi) is 6.48. The van der Waals surface area contributed by atoms with Gasteiger partial charge in [0, 0.05) is 22.5 Å². The first-order valence-corrected chi connectivity index (χ1v) is 8.10. The largest absolute Gasteiger partial charge is 0.398 e. The topological polar surface area (TPSA) is 52.0 Å². The first-order chi connectivity index (χ1) is 13.7. The van der Waals surface area contributed by atoms with Crippen molar-refractivity contribution >= 4 is 11.4 Å². The molecule has 0 aliphatic heterocycles. The maximum atomic E-state index is 14.1. The molecule has 0 fully saturated rings. The highest BCUT2D eigenvalue weighted by Crippen LogP contribution is 2.44. The highest BCUT2D eigenvalue weighted by Gasteiger charge is 2.52. The zero-order valence-electron chi connectivity index (χ0n) is 14.7. The van der Waals surface area contributed by atoms with Crippen molar-refractivity contribution in [2.45, 2.75) is 37.0 Å². The van der Waals surface area contributed by atoms with Crippen LogP contribution in [0.4, 0.5) is 55.3 Å². The first kappa shape index (κ1) is 23.6. The third-order valence-corrected chi connectivity index (χ3v) is 4.31. The molecule has 0 aliphatic rings. The number of hydrogen-bond acceptors (Lipinski definition) is 2. The van der Waals surface area contributed by atoms with Crippen LogP contribution in [-0.4, -0.2) is 24.7 Å². The zero-order chi connectivity index (χ0) is 23.0. The zero-order valence-corrected chi connectivity index (χ0v) is 14.7. The van der Waals surface area contributed by atoms with Crippen LogP contribution >= 0.6 is 0 Å². The molecule has 2 aromatic carbocycles. The van der Waals surface area contributed by atoms with Crippen molar-refractivity contribution < 1.29 is 43.9 Å². The molecular weight excluding hydrogens is 434 g/mol. The third kappa shape index (κ3) is 4.26. The van der Waals surface area contributed by atoms with Crippen LogP contribution in [0.5, 0.6) is 0 Å². The number of halogens is 10. The fourth-order valence-electron chi connectivity index (χ4n) is 2.58. The highest BCUT2D eigenvalue weighted by molar-refractivity contribution is 5.71. The molecule has 30 heavy (non-hydrogen) atoms. The third-order valence-electron chi connectivity index (χ3n) is 4.31. The van der Waals surface area contributed by atoms with Crippen LogP contribution in [-0.2, 0) is 0 Å². The number of alkyl halides is 10. The molecule has 2 nitrogen and oxygen atoms in total. The van der Waals surface area contributed by atoms with E-state index in [1.54, 1.807) is 0 Å². The van der Waals surface area contributed by atoms with Crippen molar-refractivity contribution in [3.8, 4) is 11.1 Å². The summed E-state index contributed by atoms with van der Waals surface area (Å²) in [6.45, 7) is 0. The molecule has 0 aliphatic carbocycles. The van der Waals surface area contributed by atoms with Gasteiger partial charge in [-0.05, 0) is 35.4 Å². The quantitative estimate of drug-likeness (QED) is 0.384. The highest BCUT2D eigenvalue weighted by atomic mass is 19.3. The van der Waals surface area contributed by atoms with Crippen molar-refractivity contribution in [1.82, 2.24) is 0 Å². The molecule has 0 saturated heterocycles. The van der Waals surface area contributed by atoms with E-state index in [0.29, 0.717) is 12.1 Å². The Labute approximate surface area is 163 Å². The predicted octanol–water partition coefficient (Wildman–Crippen LogP) is 6.34. The maximum Gasteiger partial charge on any atom is 0.342 e. The van der Waals surface area contributed by atoms with Crippen LogP contribution in [0.3, 0.4) is 0 Å². The summed E-state index contributed by atoms with van der Waals surface area (Å²) in [4.78, 5) is 0. The Hall–Kier alpha value is -2.66. The summed E-state index contributed by atoms with van der Waals surface area (Å²) >= 11 is 0. The Morgan fingerprint density at radius 3 is 1.13 bits per heavy atom. The molecule has 2 atom stereocenters. The smallest absolute Gasteiger partial charge is 0.342 e. The predicted molar refractivity (Wildman–Crippen MR) is 90.3 cm³/mol. The standard InChI is InChI=1S/C18H14F10N2/c19-13(17(25,26)15(21)22)9-5-7(1-3-11(9)29)8-2-4-12(30)10(6-8)14(20)18(27,28)16(23)24/h1-6,13-16H,29-30H2. The minimum atomic E-state index is -5.08. The van der Waals surface area contributed by atoms with Crippen molar-refractivity contribution in [1.29, 1.82) is 0 Å². The lowest BCUT2D eigenvalue weighted by molar-refractivity contribution is -0.172. The number of nitrogen functional groups attached to an aromatic ring is 2. The fraction of sp³-hybridized carbons (Fsp3) is 0.333. The van der Waals surface area contributed by atoms with Crippen molar-refractivity contribution in [2.75, 3.05) is 11.5 Å². The summed E-state index contributed by atoms with van der Waals surface area (Å²) in [6, 6.07) is 5.22. The second-order valence-electron chi connectivity index (χ2n) is 6.36. The van der Waals surface area contributed by atoms with Crippen LogP contribution in [0.2, 0.25) is 0 Å². The number of hydrogen-bond donors (Lipinski definition) is 2. The molecule has 0 saturated carbocycles. The van der Waals surface area contributed by atoms with E-state index in [4.69, 9.17) is 11.5 Å². The van der Waals surface area contributed by atoms with Gasteiger partial charge in [-0.15, -0.1) is 0 Å². The Morgan fingerprint density at radius 2 is 0.867 bits per heavy atom. The second-order valence-corrected chi connectivity index (χ2v) is 6.36. The minimum Gasteiger partial charge on any atom is -0.398 e. The molecule has 2 rings (SSSR count). The van der Waals surface area contributed by atoms with E-state index in [0.717, 1.165) is 24.3 Å². The SMILES string of the molecule is Nc1ccc(-c2ccc(N)c(C(F)C(F)(F)C(F)F)c2)cc1C(F)C(F)(F)C(F)F. The van der Waals surface area contributed by atoms with Gasteiger partial charge in [-0.25, -0.2) is 26.3 Å². The lowest BCUT2D eigenvalue weighted by atomic mass is 9.94. The lowest BCUT2D eigenvalue weighted by Crippen LogP contribution is -2.32. The molecule has 2 unspecified atom stereocenters. The number of benzene rings is 2. The van der Waals surface area contributed by atoms with Gasteiger partial charge in [0.05, 0.1) is 0 Å². The molecule has 0 aromatic heterocycles. The number of nitrogens with two attached hydrogens (primary N) is 2. The van der Waals surface area contributed by atoms with Crippen LogP contribution in [0.25, 0.3) is 11.1 Å². The Balaban J connectivity index is 2.54. The van der Waals surface area contributed by atoms with E-state index >= 15 is 0 Å². The van der Waals surface area contributed by atoms with Crippen LogP contribution < -0.4 is 11.5 Å². The summed E-state index contributed by atoms with van der Waals surface area (Å²) in [5.74, 6) is -10.2. The van der Waals surface area contributed by atoms with Gasteiger partial charge in [0.25, 0.3) is 0 Å². The van der Waals surface area contributed by atoms with E-state index in [1.165, 1.54) is 0 Å². The minimum absolute atomic E-state index is 0.208. The molecule has 2 aromatic rings. The van der Waals surface area contributed by atoms with Crippen molar-refractivity contribution in [3.63, 3.8) is 0 Å².